The van der Waals surface area contributed by atoms with Crippen LogP contribution in [0.3, 0.4) is 0 Å². The summed E-state index contributed by atoms with van der Waals surface area (Å²) in [5.41, 5.74) is 1.73. The van der Waals surface area contributed by atoms with Crippen molar-refractivity contribution in [3.8, 4) is 17.1 Å². The van der Waals surface area contributed by atoms with E-state index in [0.29, 0.717) is 22.9 Å². The highest BCUT2D eigenvalue weighted by atomic mass is 19.3. The molecule has 27 heavy (non-hydrogen) atoms. The molecular weight excluding hydrogens is 362 g/mol. The number of rotatable bonds is 4. The third-order valence-corrected chi connectivity index (χ3v) is 4.10. The van der Waals surface area contributed by atoms with Crippen molar-refractivity contribution < 1.29 is 27.3 Å². The molecule has 1 N–H and O–H groups in total. The number of nitrogens with zero attached hydrogens (tertiary/aromatic N) is 3. The molecule has 3 aromatic rings. The number of oxazole rings is 1. The predicted octanol–water partition coefficient (Wildman–Crippen LogP) is 3.14. The van der Waals surface area contributed by atoms with E-state index in [1.807, 2.05) is 0 Å². The molecule has 0 unspecified atom stereocenters. The number of aryl methyl sites for hydroxylation is 2. The Morgan fingerprint density at radius 3 is 2.78 bits per heavy atom. The van der Waals surface area contributed by atoms with Gasteiger partial charge in [0.15, 0.2) is 5.89 Å². The zero-order chi connectivity index (χ0) is 19.1. The fourth-order valence-electron chi connectivity index (χ4n) is 2.88. The second-order valence-electron chi connectivity index (χ2n) is 5.99. The SMILES string of the molecule is Cc1nc(C)c(C(=O)N[C@@H]2COc3cc(-c4noc(C(F)F)n4)ccc32)o1. The summed E-state index contributed by atoms with van der Waals surface area (Å²) in [5.74, 6) is -0.0196. The quantitative estimate of drug-likeness (QED) is 0.746. The van der Waals surface area contributed by atoms with Crippen LogP contribution in [-0.2, 0) is 0 Å². The van der Waals surface area contributed by atoms with Crippen LogP contribution in [0.4, 0.5) is 8.78 Å². The van der Waals surface area contributed by atoms with Crippen molar-refractivity contribution in [3.05, 3.63) is 47.0 Å². The van der Waals surface area contributed by atoms with Crippen molar-refractivity contribution in [1.82, 2.24) is 20.4 Å². The van der Waals surface area contributed by atoms with Crippen LogP contribution in [0.2, 0.25) is 0 Å². The molecule has 3 heterocycles. The number of amides is 1. The van der Waals surface area contributed by atoms with E-state index in [2.05, 4.69) is 25.0 Å². The molecule has 2 aromatic heterocycles. The maximum absolute atomic E-state index is 12.6. The molecule has 1 atom stereocenters. The smallest absolute Gasteiger partial charge is 0.315 e. The van der Waals surface area contributed by atoms with Gasteiger partial charge in [-0.3, -0.25) is 4.79 Å². The van der Waals surface area contributed by atoms with E-state index >= 15 is 0 Å². The third kappa shape index (κ3) is 3.14. The average Bonchev–Trinajstić information content (AvgIpc) is 3.33. The van der Waals surface area contributed by atoms with E-state index in [-0.39, 0.29) is 24.2 Å². The summed E-state index contributed by atoms with van der Waals surface area (Å²) in [6.07, 6.45) is -2.83. The highest BCUT2D eigenvalue weighted by molar-refractivity contribution is 5.92. The maximum Gasteiger partial charge on any atom is 0.315 e. The molecule has 10 heteroatoms. The number of carbonyl (C=O) groups excluding carboxylic acids is 1. The third-order valence-electron chi connectivity index (χ3n) is 4.10. The fourth-order valence-corrected chi connectivity index (χ4v) is 2.88. The molecule has 0 spiro atoms. The average molecular weight is 376 g/mol. The number of halogens is 2. The first-order chi connectivity index (χ1) is 12.9. The summed E-state index contributed by atoms with van der Waals surface area (Å²) in [5, 5.41) is 6.38. The zero-order valence-corrected chi connectivity index (χ0v) is 14.3. The molecule has 4 rings (SSSR count). The lowest BCUT2D eigenvalue weighted by Crippen LogP contribution is -2.29. The van der Waals surface area contributed by atoms with Crippen LogP contribution in [0.1, 0.15) is 46.1 Å². The molecule has 0 aliphatic carbocycles. The summed E-state index contributed by atoms with van der Waals surface area (Å²) in [6.45, 7) is 3.58. The second-order valence-corrected chi connectivity index (χ2v) is 5.99. The predicted molar refractivity (Wildman–Crippen MR) is 86.4 cm³/mol. The van der Waals surface area contributed by atoms with Gasteiger partial charge in [-0.1, -0.05) is 17.3 Å². The van der Waals surface area contributed by atoms with E-state index in [9.17, 15) is 13.6 Å². The first kappa shape index (κ1) is 17.1. The number of hydrogen-bond acceptors (Lipinski definition) is 7. The summed E-state index contributed by atoms with van der Waals surface area (Å²) >= 11 is 0. The van der Waals surface area contributed by atoms with Gasteiger partial charge in [0.2, 0.25) is 11.6 Å². The van der Waals surface area contributed by atoms with Crippen LogP contribution in [0.15, 0.2) is 27.1 Å². The lowest BCUT2D eigenvalue weighted by molar-refractivity contribution is 0.0900. The zero-order valence-electron chi connectivity index (χ0n) is 14.3. The van der Waals surface area contributed by atoms with Crippen LogP contribution >= 0.6 is 0 Å². The fraction of sp³-hybridized carbons (Fsp3) is 0.294. The number of aromatic nitrogens is 3. The number of nitrogens with one attached hydrogen (secondary N) is 1. The Hall–Kier alpha value is -3.30. The largest absolute Gasteiger partial charge is 0.491 e. The molecule has 0 fully saturated rings. The molecule has 1 aliphatic heterocycles. The minimum atomic E-state index is -2.83. The molecule has 0 radical (unpaired) electrons. The van der Waals surface area contributed by atoms with Gasteiger partial charge in [-0.15, -0.1) is 0 Å². The molecule has 140 valence electrons. The number of alkyl halides is 2. The van der Waals surface area contributed by atoms with Crippen molar-refractivity contribution in [1.29, 1.82) is 0 Å². The standard InChI is InChI=1S/C17H14F2N4O4/c1-7-13(26-8(2)20-7)16(24)21-11-6-25-12-5-9(3-4-10(11)12)15-22-17(14(18)19)27-23-15/h3-5,11,14H,6H2,1-2H3,(H,21,24)/t11-/m1/s1. The first-order valence-corrected chi connectivity index (χ1v) is 8.06. The summed E-state index contributed by atoms with van der Waals surface area (Å²) < 4.78 is 40.6. The maximum atomic E-state index is 12.6. The Morgan fingerprint density at radius 2 is 2.11 bits per heavy atom. The summed E-state index contributed by atoms with van der Waals surface area (Å²) in [7, 11) is 0. The van der Waals surface area contributed by atoms with Crippen molar-refractivity contribution in [3.63, 3.8) is 0 Å². The monoisotopic (exact) mass is 376 g/mol. The van der Waals surface area contributed by atoms with Gasteiger partial charge in [0, 0.05) is 18.1 Å². The molecule has 8 nitrogen and oxygen atoms in total. The van der Waals surface area contributed by atoms with E-state index in [0.717, 1.165) is 5.56 Å². The van der Waals surface area contributed by atoms with Gasteiger partial charge < -0.3 is 19.0 Å². The molecule has 1 amide bonds. The van der Waals surface area contributed by atoms with Crippen LogP contribution < -0.4 is 10.1 Å². The van der Waals surface area contributed by atoms with Crippen LogP contribution in [0.25, 0.3) is 11.4 Å². The van der Waals surface area contributed by atoms with Crippen molar-refractivity contribution in [2.24, 2.45) is 0 Å². The Bertz CT molecular complexity index is 1010. The molecule has 1 aliphatic rings. The van der Waals surface area contributed by atoms with Crippen molar-refractivity contribution in [2.45, 2.75) is 26.3 Å². The minimum absolute atomic E-state index is 0.0388. The lowest BCUT2D eigenvalue weighted by Gasteiger charge is -2.10. The Balaban J connectivity index is 1.54. The van der Waals surface area contributed by atoms with Crippen LogP contribution in [0.5, 0.6) is 5.75 Å². The number of carbonyl (C=O) groups is 1. The van der Waals surface area contributed by atoms with Crippen molar-refractivity contribution in [2.75, 3.05) is 6.61 Å². The van der Waals surface area contributed by atoms with Gasteiger partial charge in [-0.05, 0) is 13.0 Å². The summed E-state index contributed by atoms with van der Waals surface area (Å²) in [6, 6.07) is 4.61. The molecule has 0 bridgehead atoms. The van der Waals surface area contributed by atoms with Gasteiger partial charge in [-0.2, -0.15) is 13.8 Å². The van der Waals surface area contributed by atoms with Gasteiger partial charge in [0.05, 0.1) is 11.7 Å². The van der Waals surface area contributed by atoms with Crippen molar-refractivity contribution >= 4 is 5.91 Å². The van der Waals surface area contributed by atoms with Gasteiger partial charge >= 0.3 is 6.43 Å². The normalized spacial score (nSPS) is 15.7. The summed E-state index contributed by atoms with van der Waals surface area (Å²) in [4.78, 5) is 20.1. The Kier molecular flexibility index (Phi) is 4.09. The first-order valence-electron chi connectivity index (χ1n) is 8.06. The topological polar surface area (TPSA) is 103 Å². The number of ether oxygens (including phenoxy) is 1. The van der Waals surface area contributed by atoms with Crippen LogP contribution in [0, 0.1) is 13.8 Å². The number of benzene rings is 1. The van der Waals surface area contributed by atoms with Gasteiger partial charge in [0.1, 0.15) is 12.4 Å². The Morgan fingerprint density at radius 1 is 1.30 bits per heavy atom. The highest BCUT2D eigenvalue weighted by Gasteiger charge is 2.29. The van der Waals surface area contributed by atoms with E-state index in [1.54, 1.807) is 32.0 Å². The molecular formula is C17H14F2N4O4. The minimum Gasteiger partial charge on any atom is -0.491 e. The molecule has 0 saturated heterocycles. The Labute approximate surface area is 151 Å². The van der Waals surface area contributed by atoms with E-state index < -0.39 is 18.2 Å². The lowest BCUT2D eigenvalue weighted by atomic mass is 10.1. The second kappa shape index (κ2) is 6.45. The highest BCUT2D eigenvalue weighted by Crippen LogP contribution is 2.36. The number of hydrogen-bond donors (Lipinski definition) is 1. The molecule has 0 saturated carbocycles. The van der Waals surface area contributed by atoms with Crippen LogP contribution in [-0.4, -0.2) is 27.6 Å². The molecule has 1 aromatic carbocycles. The number of fused-ring (bicyclic) bond motifs is 1. The van der Waals surface area contributed by atoms with E-state index in [1.165, 1.54) is 0 Å². The van der Waals surface area contributed by atoms with Gasteiger partial charge in [0.25, 0.3) is 11.8 Å². The van der Waals surface area contributed by atoms with E-state index in [4.69, 9.17) is 9.15 Å². The van der Waals surface area contributed by atoms with Gasteiger partial charge in [-0.25, -0.2) is 4.98 Å².